The van der Waals surface area contributed by atoms with Gasteiger partial charge in [0.2, 0.25) is 0 Å². The summed E-state index contributed by atoms with van der Waals surface area (Å²) >= 11 is 6.13. The second-order valence-corrected chi connectivity index (χ2v) is 5.35. The molecule has 1 saturated heterocycles. The van der Waals surface area contributed by atoms with Crippen molar-refractivity contribution in [1.29, 1.82) is 0 Å². The van der Waals surface area contributed by atoms with Gasteiger partial charge in [-0.2, -0.15) is 0 Å². The third-order valence-electron chi connectivity index (χ3n) is 3.51. The van der Waals surface area contributed by atoms with Crippen molar-refractivity contribution in [1.82, 2.24) is 4.98 Å². The number of hydrogen-bond acceptors (Lipinski definition) is 4. The molecule has 0 amide bonds. The number of aliphatic hydroxyl groups excluding tert-OH is 1. The molecule has 0 bridgehead atoms. The van der Waals surface area contributed by atoms with Crippen LogP contribution in [0.4, 0.5) is 5.69 Å². The van der Waals surface area contributed by atoms with E-state index >= 15 is 0 Å². The Hall–Kier alpha value is -1.62. The van der Waals surface area contributed by atoms with Crippen LogP contribution in [0.25, 0.3) is 17.0 Å². The zero-order valence-electron chi connectivity index (χ0n) is 11.6. The van der Waals surface area contributed by atoms with Crippen molar-refractivity contribution in [3.05, 3.63) is 41.1 Å². The molecule has 5 heteroatoms. The molecule has 3 rings (SSSR count). The lowest BCUT2D eigenvalue weighted by Crippen LogP contribution is -2.36. The van der Waals surface area contributed by atoms with Gasteiger partial charge >= 0.3 is 0 Å². The lowest BCUT2D eigenvalue weighted by atomic mass is 10.1. The summed E-state index contributed by atoms with van der Waals surface area (Å²) in [6.45, 7) is 3.18. The van der Waals surface area contributed by atoms with Gasteiger partial charge in [-0.15, -0.1) is 0 Å². The van der Waals surface area contributed by atoms with Crippen molar-refractivity contribution >= 4 is 34.3 Å². The van der Waals surface area contributed by atoms with Crippen molar-refractivity contribution in [2.45, 2.75) is 0 Å². The van der Waals surface area contributed by atoms with E-state index in [4.69, 9.17) is 21.4 Å². The lowest BCUT2D eigenvalue weighted by Gasteiger charge is -2.30. The highest BCUT2D eigenvalue weighted by atomic mass is 35.5. The average Bonchev–Trinajstić information content (AvgIpc) is 2.53. The molecule has 21 heavy (non-hydrogen) atoms. The molecule has 0 aliphatic carbocycles. The number of benzene rings is 1. The normalized spacial score (nSPS) is 16.0. The standard InChI is InChI=1S/C16H17ClN2O2/c17-12-3-4-15-14(10-12)16(19-5-8-21-9-6-19)11-13(18-15)2-1-7-20/h1-4,10-11,20H,5-9H2/b2-1+. The van der Waals surface area contributed by atoms with Gasteiger partial charge in [-0.05, 0) is 30.3 Å². The second kappa shape index (κ2) is 6.43. The summed E-state index contributed by atoms with van der Waals surface area (Å²) < 4.78 is 5.42. The molecule has 1 fully saturated rings. The summed E-state index contributed by atoms with van der Waals surface area (Å²) in [4.78, 5) is 6.89. The quantitative estimate of drug-likeness (QED) is 0.947. The van der Waals surface area contributed by atoms with Gasteiger partial charge in [0.25, 0.3) is 0 Å². The van der Waals surface area contributed by atoms with Crippen LogP contribution in [0.5, 0.6) is 0 Å². The molecule has 0 atom stereocenters. The van der Waals surface area contributed by atoms with Gasteiger partial charge in [0.05, 0.1) is 31.0 Å². The maximum absolute atomic E-state index is 8.94. The van der Waals surface area contributed by atoms with Crippen LogP contribution < -0.4 is 4.90 Å². The fraction of sp³-hybridized carbons (Fsp3) is 0.312. The zero-order valence-corrected chi connectivity index (χ0v) is 12.4. The van der Waals surface area contributed by atoms with Crippen molar-refractivity contribution in [3.8, 4) is 0 Å². The van der Waals surface area contributed by atoms with E-state index in [-0.39, 0.29) is 6.61 Å². The van der Waals surface area contributed by atoms with Gasteiger partial charge in [-0.1, -0.05) is 17.7 Å². The van der Waals surface area contributed by atoms with Gasteiger partial charge in [0.1, 0.15) is 0 Å². The van der Waals surface area contributed by atoms with Crippen LogP contribution in [-0.4, -0.2) is 43.0 Å². The van der Waals surface area contributed by atoms with Gasteiger partial charge in [-0.3, -0.25) is 0 Å². The summed E-state index contributed by atoms with van der Waals surface area (Å²) in [5, 5.41) is 10.7. The van der Waals surface area contributed by atoms with E-state index < -0.39 is 0 Å². The van der Waals surface area contributed by atoms with E-state index in [1.165, 1.54) is 0 Å². The molecule has 1 aromatic heterocycles. The Morgan fingerprint density at radius 3 is 2.86 bits per heavy atom. The van der Waals surface area contributed by atoms with E-state index in [0.29, 0.717) is 5.02 Å². The predicted molar refractivity (Wildman–Crippen MR) is 85.9 cm³/mol. The molecule has 0 saturated carbocycles. The average molecular weight is 305 g/mol. The molecular weight excluding hydrogens is 288 g/mol. The summed E-state index contributed by atoms with van der Waals surface area (Å²) in [5.41, 5.74) is 2.85. The molecule has 1 N–H and O–H groups in total. The van der Waals surface area contributed by atoms with Crippen LogP contribution in [0.1, 0.15) is 5.69 Å². The number of fused-ring (bicyclic) bond motifs is 1. The number of aliphatic hydroxyl groups is 1. The molecule has 0 radical (unpaired) electrons. The van der Waals surface area contributed by atoms with Crippen LogP contribution in [0.15, 0.2) is 30.3 Å². The number of rotatable bonds is 3. The minimum atomic E-state index is 0.00717. The Labute approximate surface area is 128 Å². The Morgan fingerprint density at radius 1 is 1.29 bits per heavy atom. The van der Waals surface area contributed by atoms with E-state index in [9.17, 15) is 0 Å². The number of hydrogen-bond donors (Lipinski definition) is 1. The van der Waals surface area contributed by atoms with Crippen LogP contribution in [0.3, 0.4) is 0 Å². The molecule has 4 nitrogen and oxygen atoms in total. The minimum Gasteiger partial charge on any atom is -0.392 e. The molecule has 1 aliphatic rings. The first-order valence-corrected chi connectivity index (χ1v) is 7.36. The van der Waals surface area contributed by atoms with Gasteiger partial charge in [0.15, 0.2) is 0 Å². The van der Waals surface area contributed by atoms with Gasteiger partial charge in [0, 0.05) is 29.2 Å². The van der Waals surface area contributed by atoms with Crippen molar-refractivity contribution in [3.63, 3.8) is 0 Å². The summed E-state index contributed by atoms with van der Waals surface area (Å²) in [6, 6.07) is 7.77. The number of morpholine rings is 1. The van der Waals surface area contributed by atoms with E-state index in [1.54, 1.807) is 6.08 Å². The van der Waals surface area contributed by atoms with Crippen LogP contribution >= 0.6 is 11.6 Å². The number of pyridine rings is 1. The number of aromatic nitrogens is 1. The molecule has 2 aromatic rings. The Morgan fingerprint density at radius 2 is 2.10 bits per heavy atom. The molecule has 0 spiro atoms. The van der Waals surface area contributed by atoms with E-state index in [0.717, 1.165) is 48.6 Å². The lowest BCUT2D eigenvalue weighted by molar-refractivity contribution is 0.123. The molecular formula is C16H17ClN2O2. The molecule has 2 heterocycles. The Balaban J connectivity index is 2.12. The third-order valence-corrected chi connectivity index (χ3v) is 3.75. The Bertz CT molecular complexity index is 667. The number of ether oxygens (including phenoxy) is 1. The maximum Gasteiger partial charge on any atom is 0.0731 e. The van der Waals surface area contributed by atoms with Crippen molar-refractivity contribution in [2.75, 3.05) is 37.8 Å². The SMILES string of the molecule is OC/C=C/c1cc(N2CCOCC2)c2cc(Cl)ccc2n1. The van der Waals surface area contributed by atoms with Gasteiger partial charge in [-0.25, -0.2) is 4.98 Å². The largest absolute Gasteiger partial charge is 0.392 e. The second-order valence-electron chi connectivity index (χ2n) is 4.91. The fourth-order valence-corrected chi connectivity index (χ4v) is 2.70. The molecule has 1 aliphatic heterocycles. The zero-order chi connectivity index (χ0) is 14.7. The third kappa shape index (κ3) is 3.18. The van der Waals surface area contributed by atoms with Gasteiger partial charge < -0.3 is 14.7 Å². The maximum atomic E-state index is 8.94. The van der Waals surface area contributed by atoms with Crippen molar-refractivity contribution in [2.24, 2.45) is 0 Å². The van der Waals surface area contributed by atoms with Crippen LogP contribution in [-0.2, 0) is 4.74 Å². The Kier molecular flexibility index (Phi) is 4.39. The minimum absolute atomic E-state index is 0.00717. The molecule has 1 aromatic carbocycles. The van der Waals surface area contributed by atoms with Crippen LogP contribution in [0.2, 0.25) is 5.02 Å². The highest BCUT2D eigenvalue weighted by molar-refractivity contribution is 6.31. The highest BCUT2D eigenvalue weighted by Gasteiger charge is 2.15. The first-order chi connectivity index (χ1) is 10.3. The smallest absolute Gasteiger partial charge is 0.0731 e. The number of anilines is 1. The van der Waals surface area contributed by atoms with E-state index in [2.05, 4.69) is 9.88 Å². The summed E-state index contributed by atoms with van der Waals surface area (Å²) in [6.07, 6.45) is 3.52. The van der Waals surface area contributed by atoms with E-state index in [1.807, 2.05) is 30.3 Å². The molecule has 0 unspecified atom stereocenters. The van der Waals surface area contributed by atoms with Crippen LogP contribution in [0, 0.1) is 0 Å². The number of halogens is 1. The monoisotopic (exact) mass is 304 g/mol. The first-order valence-electron chi connectivity index (χ1n) is 6.98. The first kappa shape index (κ1) is 14.3. The van der Waals surface area contributed by atoms with Crippen molar-refractivity contribution < 1.29 is 9.84 Å². The predicted octanol–water partition coefficient (Wildman–Crippen LogP) is 2.73. The fourth-order valence-electron chi connectivity index (χ4n) is 2.52. The highest BCUT2D eigenvalue weighted by Crippen LogP contribution is 2.30. The number of nitrogens with zero attached hydrogens (tertiary/aromatic N) is 2. The summed E-state index contributed by atoms with van der Waals surface area (Å²) in [7, 11) is 0. The summed E-state index contributed by atoms with van der Waals surface area (Å²) in [5.74, 6) is 0. The molecule has 110 valence electrons. The topological polar surface area (TPSA) is 45.6 Å².